The van der Waals surface area contributed by atoms with E-state index >= 15 is 0 Å². The second-order valence-electron chi connectivity index (χ2n) is 3.20. The summed E-state index contributed by atoms with van der Waals surface area (Å²) in [5, 5.41) is 9.37. The number of rotatable bonds is 2. The molecule has 0 aliphatic rings. The molecule has 1 aromatic carbocycles. The van der Waals surface area contributed by atoms with Crippen molar-refractivity contribution >= 4 is 0 Å². The summed E-state index contributed by atoms with van der Waals surface area (Å²) in [4.78, 5) is 0. The smallest absolute Gasteiger partial charge is 0.163 e. The number of benzene rings is 1. The van der Waals surface area contributed by atoms with Gasteiger partial charge in [0.05, 0.1) is 7.11 Å². The Morgan fingerprint density at radius 1 is 1.38 bits per heavy atom. The van der Waals surface area contributed by atoms with Gasteiger partial charge in [-0.2, -0.15) is 0 Å². The van der Waals surface area contributed by atoms with Crippen molar-refractivity contribution in [1.29, 1.82) is 0 Å². The summed E-state index contributed by atoms with van der Waals surface area (Å²) in [5.41, 5.74) is 0.498. The van der Waals surface area contributed by atoms with Gasteiger partial charge in [-0.05, 0) is 17.5 Å². The second-order valence-corrected chi connectivity index (χ2v) is 3.20. The van der Waals surface area contributed by atoms with Crippen molar-refractivity contribution in [3.05, 3.63) is 23.5 Å². The zero-order valence-electron chi connectivity index (χ0n) is 7.97. The van der Waals surface area contributed by atoms with Gasteiger partial charge in [-0.1, -0.05) is 13.8 Å². The van der Waals surface area contributed by atoms with Crippen molar-refractivity contribution in [1.82, 2.24) is 0 Å². The van der Waals surface area contributed by atoms with Crippen LogP contribution in [0.1, 0.15) is 25.3 Å². The van der Waals surface area contributed by atoms with E-state index in [2.05, 4.69) is 0 Å². The van der Waals surface area contributed by atoms with Crippen LogP contribution in [0.4, 0.5) is 4.39 Å². The average molecular weight is 184 g/mol. The molecule has 1 rings (SSSR count). The van der Waals surface area contributed by atoms with Crippen molar-refractivity contribution in [2.75, 3.05) is 7.11 Å². The predicted octanol–water partition coefficient (Wildman–Crippen LogP) is 2.66. The quantitative estimate of drug-likeness (QED) is 0.765. The molecule has 0 saturated heterocycles. The fraction of sp³-hybridized carbons (Fsp3) is 0.400. The summed E-state index contributed by atoms with van der Waals surface area (Å²) < 4.78 is 18.0. The summed E-state index contributed by atoms with van der Waals surface area (Å²) in [6.45, 7) is 3.73. The number of ether oxygens (including phenoxy) is 1. The number of hydrogen-bond acceptors (Lipinski definition) is 2. The zero-order valence-corrected chi connectivity index (χ0v) is 7.97. The standard InChI is InChI=1S/C10H13FO2/c1-6(2)7-4-9(12)10(13-3)5-8(7)11/h4-6,12H,1-3H3. The van der Waals surface area contributed by atoms with Crippen molar-refractivity contribution in [3.8, 4) is 11.5 Å². The SMILES string of the molecule is COc1cc(F)c(C(C)C)cc1O. The molecule has 1 N–H and O–H groups in total. The molecule has 0 aromatic heterocycles. The van der Waals surface area contributed by atoms with Crippen LogP contribution in [-0.2, 0) is 0 Å². The lowest BCUT2D eigenvalue weighted by Gasteiger charge is -2.10. The molecular formula is C10H13FO2. The number of methoxy groups -OCH3 is 1. The Hall–Kier alpha value is -1.25. The van der Waals surface area contributed by atoms with E-state index in [4.69, 9.17) is 4.74 Å². The van der Waals surface area contributed by atoms with E-state index in [1.807, 2.05) is 13.8 Å². The molecule has 0 unspecified atom stereocenters. The maximum atomic E-state index is 13.3. The third-order valence-corrected chi connectivity index (χ3v) is 1.92. The molecule has 0 amide bonds. The zero-order chi connectivity index (χ0) is 10.0. The Morgan fingerprint density at radius 3 is 2.46 bits per heavy atom. The van der Waals surface area contributed by atoms with Crippen molar-refractivity contribution in [3.63, 3.8) is 0 Å². The van der Waals surface area contributed by atoms with Gasteiger partial charge in [0.2, 0.25) is 0 Å². The Labute approximate surface area is 77.0 Å². The maximum absolute atomic E-state index is 13.3. The first-order valence-electron chi connectivity index (χ1n) is 4.12. The molecule has 1 aromatic rings. The van der Waals surface area contributed by atoms with Gasteiger partial charge in [0.15, 0.2) is 11.5 Å². The van der Waals surface area contributed by atoms with Crippen LogP contribution in [0.25, 0.3) is 0 Å². The lowest BCUT2D eigenvalue weighted by atomic mass is 10.0. The lowest BCUT2D eigenvalue weighted by Crippen LogP contribution is -1.94. The molecule has 0 fully saturated rings. The molecular weight excluding hydrogens is 171 g/mol. The fourth-order valence-electron chi connectivity index (χ4n) is 1.17. The normalized spacial score (nSPS) is 10.5. The van der Waals surface area contributed by atoms with Crippen molar-refractivity contribution in [2.24, 2.45) is 0 Å². The summed E-state index contributed by atoms with van der Waals surface area (Å²) in [6.07, 6.45) is 0. The lowest BCUT2D eigenvalue weighted by molar-refractivity contribution is 0.369. The number of phenols is 1. The van der Waals surface area contributed by atoms with Gasteiger partial charge in [0.1, 0.15) is 5.82 Å². The molecule has 0 bridgehead atoms. The largest absolute Gasteiger partial charge is 0.504 e. The minimum Gasteiger partial charge on any atom is -0.504 e. The van der Waals surface area contributed by atoms with Gasteiger partial charge >= 0.3 is 0 Å². The van der Waals surface area contributed by atoms with Crippen LogP contribution >= 0.6 is 0 Å². The monoisotopic (exact) mass is 184 g/mol. The first-order chi connectivity index (χ1) is 6.06. The minimum absolute atomic E-state index is 0.0207. The molecule has 0 spiro atoms. The van der Waals surface area contributed by atoms with Crippen LogP contribution in [0.3, 0.4) is 0 Å². The van der Waals surface area contributed by atoms with Gasteiger partial charge in [-0.3, -0.25) is 0 Å². The molecule has 0 atom stereocenters. The number of aromatic hydroxyl groups is 1. The first-order valence-corrected chi connectivity index (χ1v) is 4.12. The summed E-state index contributed by atoms with van der Waals surface area (Å²) >= 11 is 0. The van der Waals surface area contributed by atoms with E-state index in [9.17, 15) is 9.50 Å². The van der Waals surface area contributed by atoms with Crippen molar-refractivity contribution in [2.45, 2.75) is 19.8 Å². The highest BCUT2D eigenvalue weighted by molar-refractivity contribution is 5.43. The van der Waals surface area contributed by atoms with Crippen LogP contribution in [0.15, 0.2) is 12.1 Å². The van der Waals surface area contributed by atoms with Gasteiger partial charge < -0.3 is 9.84 Å². The third kappa shape index (κ3) is 1.91. The van der Waals surface area contributed by atoms with E-state index in [0.29, 0.717) is 5.56 Å². The highest BCUT2D eigenvalue weighted by Gasteiger charge is 2.11. The van der Waals surface area contributed by atoms with Crippen LogP contribution < -0.4 is 4.74 Å². The highest BCUT2D eigenvalue weighted by Crippen LogP contribution is 2.31. The number of halogens is 1. The summed E-state index contributed by atoms with van der Waals surface area (Å²) in [6, 6.07) is 2.60. The Morgan fingerprint density at radius 2 is 2.00 bits per heavy atom. The van der Waals surface area contributed by atoms with Crippen molar-refractivity contribution < 1.29 is 14.2 Å². The fourth-order valence-corrected chi connectivity index (χ4v) is 1.17. The Bertz CT molecular complexity index is 308. The van der Waals surface area contributed by atoms with Crippen LogP contribution in [0, 0.1) is 5.82 Å². The third-order valence-electron chi connectivity index (χ3n) is 1.92. The van der Waals surface area contributed by atoms with E-state index in [1.54, 1.807) is 0 Å². The van der Waals surface area contributed by atoms with E-state index in [1.165, 1.54) is 19.2 Å². The average Bonchev–Trinajstić information content (AvgIpc) is 2.07. The molecule has 0 heterocycles. The Balaban J connectivity index is 3.20. The van der Waals surface area contributed by atoms with Crippen LogP contribution in [0.5, 0.6) is 11.5 Å². The Kier molecular flexibility index (Phi) is 2.76. The minimum atomic E-state index is -0.343. The van der Waals surface area contributed by atoms with E-state index in [-0.39, 0.29) is 23.2 Å². The van der Waals surface area contributed by atoms with Gasteiger partial charge in [0.25, 0.3) is 0 Å². The first kappa shape index (κ1) is 9.84. The molecule has 13 heavy (non-hydrogen) atoms. The van der Waals surface area contributed by atoms with Crippen LogP contribution in [-0.4, -0.2) is 12.2 Å². The molecule has 0 saturated carbocycles. The number of hydrogen-bond donors (Lipinski definition) is 1. The van der Waals surface area contributed by atoms with Gasteiger partial charge in [0, 0.05) is 6.07 Å². The van der Waals surface area contributed by atoms with Gasteiger partial charge in [-0.25, -0.2) is 4.39 Å². The molecule has 2 nitrogen and oxygen atoms in total. The molecule has 0 aliphatic carbocycles. The summed E-state index contributed by atoms with van der Waals surface area (Å²) in [5.74, 6) is -0.143. The number of phenolic OH excluding ortho intramolecular Hbond substituents is 1. The molecule has 72 valence electrons. The summed E-state index contributed by atoms with van der Waals surface area (Å²) in [7, 11) is 1.39. The topological polar surface area (TPSA) is 29.5 Å². The molecule has 3 heteroatoms. The second kappa shape index (κ2) is 3.64. The van der Waals surface area contributed by atoms with E-state index < -0.39 is 0 Å². The van der Waals surface area contributed by atoms with E-state index in [0.717, 1.165) is 0 Å². The predicted molar refractivity (Wildman–Crippen MR) is 48.7 cm³/mol. The maximum Gasteiger partial charge on any atom is 0.163 e. The van der Waals surface area contributed by atoms with Gasteiger partial charge in [-0.15, -0.1) is 0 Å². The molecule has 0 aliphatic heterocycles. The molecule has 0 radical (unpaired) electrons. The highest BCUT2D eigenvalue weighted by atomic mass is 19.1. The van der Waals surface area contributed by atoms with Crippen LogP contribution in [0.2, 0.25) is 0 Å².